The molecular formula is C18H26N2S. The van der Waals surface area contributed by atoms with Crippen molar-refractivity contribution in [2.45, 2.75) is 39.4 Å². The summed E-state index contributed by atoms with van der Waals surface area (Å²) >= 11 is 1.85. The molecule has 0 radical (unpaired) electrons. The first-order valence-electron chi connectivity index (χ1n) is 7.68. The number of hydrogen-bond donors (Lipinski definition) is 1. The van der Waals surface area contributed by atoms with Crippen molar-refractivity contribution in [1.29, 1.82) is 0 Å². The molecule has 0 unspecified atom stereocenters. The molecule has 0 saturated carbocycles. The van der Waals surface area contributed by atoms with E-state index < -0.39 is 0 Å². The van der Waals surface area contributed by atoms with E-state index in [4.69, 9.17) is 0 Å². The summed E-state index contributed by atoms with van der Waals surface area (Å²) in [7, 11) is 2.01. The van der Waals surface area contributed by atoms with Crippen molar-refractivity contribution in [3.63, 3.8) is 0 Å². The van der Waals surface area contributed by atoms with Crippen LogP contribution in [0.3, 0.4) is 0 Å². The zero-order valence-corrected chi connectivity index (χ0v) is 14.1. The van der Waals surface area contributed by atoms with E-state index in [0.717, 1.165) is 26.1 Å². The normalized spacial score (nSPS) is 11.5. The molecule has 1 aromatic heterocycles. The molecule has 0 amide bonds. The first-order valence-corrected chi connectivity index (χ1v) is 8.56. The fourth-order valence-electron chi connectivity index (χ4n) is 2.46. The molecular weight excluding hydrogens is 276 g/mol. The Kier molecular flexibility index (Phi) is 6.43. The van der Waals surface area contributed by atoms with Crippen LogP contribution >= 0.6 is 11.3 Å². The zero-order chi connectivity index (χ0) is 15.1. The third-order valence-corrected chi connectivity index (χ3v) is 4.67. The number of nitrogens with one attached hydrogen (secondary N) is 1. The van der Waals surface area contributed by atoms with Gasteiger partial charge in [0.2, 0.25) is 0 Å². The minimum atomic E-state index is 0.546. The summed E-state index contributed by atoms with van der Waals surface area (Å²) in [5.41, 5.74) is 2.92. The number of rotatable bonds is 8. The van der Waals surface area contributed by atoms with E-state index in [1.807, 2.05) is 18.4 Å². The Morgan fingerprint density at radius 2 is 1.81 bits per heavy atom. The highest BCUT2D eigenvalue weighted by Crippen LogP contribution is 2.19. The average Bonchev–Trinajstić information content (AvgIpc) is 2.98. The Hall–Kier alpha value is -1.16. The van der Waals surface area contributed by atoms with Gasteiger partial charge < -0.3 is 5.32 Å². The summed E-state index contributed by atoms with van der Waals surface area (Å²) in [6, 6.07) is 13.7. The highest BCUT2D eigenvalue weighted by atomic mass is 32.1. The maximum Gasteiger partial charge on any atom is 0.0334 e. The fraction of sp³-hybridized carbons (Fsp3) is 0.444. The average molecular weight is 302 g/mol. The summed E-state index contributed by atoms with van der Waals surface area (Å²) < 4.78 is 0. The van der Waals surface area contributed by atoms with Gasteiger partial charge in [-0.05, 0) is 56.4 Å². The lowest BCUT2D eigenvalue weighted by atomic mass is 10.0. The SMILES string of the molecule is CNCCc1ccccc1CN(Cc1cccs1)C(C)C. The highest BCUT2D eigenvalue weighted by Gasteiger charge is 2.13. The van der Waals surface area contributed by atoms with Crippen molar-refractivity contribution < 1.29 is 0 Å². The van der Waals surface area contributed by atoms with Gasteiger partial charge in [0.15, 0.2) is 0 Å². The standard InChI is InChI=1S/C18H26N2S/c1-15(2)20(14-18-9-6-12-21-18)13-17-8-5-4-7-16(17)10-11-19-3/h4-9,12,15,19H,10-11,13-14H2,1-3H3. The van der Waals surface area contributed by atoms with Crippen LogP contribution in [0.15, 0.2) is 41.8 Å². The van der Waals surface area contributed by atoms with Gasteiger partial charge in [-0.1, -0.05) is 30.3 Å². The molecule has 1 aromatic carbocycles. The fourth-order valence-corrected chi connectivity index (χ4v) is 3.19. The van der Waals surface area contributed by atoms with E-state index in [9.17, 15) is 0 Å². The maximum absolute atomic E-state index is 3.24. The van der Waals surface area contributed by atoms with Gasteiger partial charge in [-0.15, -0.1) is 11.3 Å². The molecule has 1 heterocycles. The van der Waals surface area contributed by atoms with Crippen LogP contribution in [0.25, 0.3) is 0 Å². The molecule has 1 N–H and O–H groups in total. The molecule has 0 spiro atoms. The molecule has 0 aliphatic heterocycles. The van der Waals surface area contributed by atoms with Crippen molar-refractivity contribution in [3.05, 3.63) is 57.8 Å². The van der Waals surface area contributed by atoms with E-state index in [1.54, 1.807) is 0 Å². The van der Waals surface area contributed by atoms with E-state index in [0.29, 0.717) is 6.04 Å². The smallest absolute Gasteiger partial charge is 0.0334 e. The van der Waals surface area contributed by atoms with Crippen molar-refractivity contribution in [2.75, 3.05) is 13.6 Å². The van der Waals surface area contributed by atoms with Crippen molar-refractivity contribution in [1.82, 2.24) is 10.2 Å². The van der Waals surface area contributed by atoms with E-state index in [1.165, 1.54) is 16.0 Å². The predicted octanol–water partition coefficient (Wildman–Crippen LogP) is 3.92. The first kappa shape index (κ1) is 16.2. The van der Waals surface area contributed by atoms with Gasteiger partial charge in [0, 0.05) is 24.0 Å². The summed E-state index contributed by atoms with van der Waals surface area (Å²) in [4.78, 5) is 3.99. The van der Waals surface area contributed by atoms with Crippen LogP contribution in [0, 0.1) is 0 Å². The quantitative estimate of drug-likeness (QED) is 0.795. The summed E-state index contributed by atoms with van der Waals surface area (Å²) in [6.07, 6.45) is 1.09. The Labute approximate surface area is 132 Å². The van der Waals surface area contributed by atoms with Crippen molar-refractivity contribution in [2.24, 2.45) is 0 Å². The number of nitrogens with zero attached hydrogens (tertiary/aromatic N) is 1. The third kappa shape index (κ3) is 4.95. The van der Waals surface area contributed by atoms with Crippen LogP contribution in [0.5, 0.6) is 0 Å². The summed E-state index contributed by atoms with van der Waals surface area (Å²) in [6.45, 7) is 7.66. The number of hydrogen-bond acceptors (Lipinski definition) is 3. The molecule has 21 heavy (non-hydrogen) atoms. The number of benzene rings is 1. The maximum atomic E-state index is 3.24. The van der Waals surface area contributed by atoms with Gasteiger partial charge in [0.05, 0.1) is 0 Å². The largest absolute Gasteiger partial charge is 0.319 e. The molecule has 0 fully saturated rings. The van der Waals surface area contributed by atoms with E-state index in [-0.39, 0.29) is 0 Å². The second-order valence-electron chi connectivity index (χ2n) is 5.70. The molecule has 2 nitrogen and oxygen atoms in total. The number of thiophene rings is 1. The summed E-state index contributed by atoms with van der Waals surface area (Å²) in [5, 5.41) is 5.41. The van der Waals surface area contributed by atoms with Crippen LogP contribution in [0.1, 0.15) is 29.9 Å². The minimum Gasteiger partial charge on any atom is -0.319 e. The molecule has 3 heteroatoms. The topological polar surface area (TPSA) is 15.3 Å². The molecule has 0 aliphatic carbocycles. The van der Waals surface area contributed by atoms with Crippen molar-refractivity contribution in [3.8, 4) is 0 Å². The lowest BCUT2D eigenvalue weighted by molar-refractivity contribution is 0.205. The third-order valence-electron chi connectivity index (χ3n) is 3.81. The molecule has 0 saturated heterocycles. The highest BCUT2D eigenvalue weighted by molar-refractivity contribution is 7.09. The Balaban J connectivity index is 2.09. The Morgan fingerprint density at radius 3 is 2.43 bits per heavy atom. The lowest BCUT2D eigenvalue weighted by Crippen LogP contribution is -2.30. The van der Waals surface area contributed by atoms with E-state index >= 15 is 0 Å². The van der Waals surface area contributed by atoms with Crippen LogP contribution in [-0.4, -0.2) is 24.5 Å². The Bertz CT molecular complexity index is 520. The van der Waals surface area contributed by atoms with Gasteiger partial charge in [0.1, 0.15) is 0 Å². The second-order valence-corrected chi connectivity index (χ2v) is 6.73. The lowest BCUT2D eigenvalue weighted by Gasteiger charge is -2.27. The van der Waals surface area contributed by atoms with Crippen LogP contribution in [0.2, 0.25) is 0 Å². The van der Waals surface area contributed by atoms with E-state index in [2.05, 4.69) is 65.8 Å². The number of likely N-dealkylation sites (N-methyl/N-ethyl adjacent to an activating group) is 1. The van der Waals surface area contributed by atoms with Crippen LogP contribution in [-0.2, 0) is 19.5 Å². The molecule has 0 aliphatic rings. The predicted molar refractivity (Wildman–Crippen MR) is 92.8 cm³/mol. The second kappa shape index (κ2) is 8.32. The van der Waals surface area contributed by atoms with Crippen LogP contribution < -0.4 is 5.32 Å². The first-order chi connectivity index (χ1) is 10.2. The van der Waals surface area contributed by atoms with Gasteiger partial charge in [-0.25, -0.2) is 0 Å². The Morgan fingerprint density at radius 1 is 1.05 bits per heavy atom. The monoisotopic (exact) mass is 302 g/mol. The van der Waals surface area contributed by atoms with Gasteiger partial charge in [0.25, 0.3) is 0 Å². The van der Waals surface area contributed by atoms with Crippen molar-refractivity contribution >= 4 is 11.3 Å². The molecule has 0 atom stereocenters. The minimum absolute atomic E-state index is 0.546. The van der Waals surface area contributed by atoms with Gasteiger partial charge in [-0.2, -0.15) is 0 Å². The molecule has 2 rings (SSSR count). The molecule has 2 aromatic rings. The zero-order valence-electron chi connectivity index (χ0n) is 13.3. The van der Waals surface area contributed by atoms with Gasteiger partial charge >= 0.3 is 0 Å². The van der Waals surface area contributed by atoms with Gasteiger partial charge in [-0.3, -0.25) is 4.90 Å². The van der Waals surface area contributed by atoms with Crippen LogP contribution in [0.4, 0.5) is 0 Å². The molecule has 114 valence electrons. The molecule has 0 bridgehead atoms. The summed E-state index contributed by atoms with van der Waals surface area (Å²) in [5.74, 6) is 0.